The molecule has 0 unspecified atom stereocenters. The molecule has 1 saturated carbocycles. The fraction of sp³-hybridized carbons (Fsp3) is 0.611. The topological polar surface area (TPSA) is 49.3 Å². The van der Waals surface area contributed by atoms with Crippen LogP contribution in [0.3, 0.4) is 0 Å². The van der Waals surface area contributed by atoms with Crippen molar-refractivity contribution in [3.05, 3.63) is 35.9 Å². The molecule has 0 bridgehead atoms. The third-order valence-corrected chi connectivity index (χ3v) is 4.85. The van der Waals surface area contributed by atoms with Crippen molar-refractivity contribution in [2.45, 2.75) is 52.1 Å². The Balaban J connectivity index is 1.88. The van der Waals surface area contributed by atoms with Crippen molar-refractivity contribution in [3.8, 4) is 0 Å². The monoisotopic (exact) mass is 289 g/mol. The fourth-order valence-electron chi connectivity index (χ4n) is 3.22. The number of carbonyl (C=O) groups excluding carboxylic acids is 1. The van der Waals surface area contributed by atoms with Crippen LogP contribution >= 0.6 is 0 Å². The van der Waals surface area contributed by atoms with Gasteiger partial charge in [0.15, 0.2) is 0 Å². The van der Waals surface area contributed by atoms with Crippen molar-refractivity contribution in [2.24, 2.45) is 11.3 Å². The lowest BCUT2D eigenvalue weighted by Gasteiger charge is -2.35. The molecule has 21 heavy (non-hydrogen) atoms. The maximum Gasteiger partial charge on any atom is 0.226 e. The SMILES string of the molecule is CC(C)(C(=O)NC[C@@H](O)c1ccccc1)C1CCCCC1. The van der Waals surface area contributed by atoms with E-state index in [9.17, 15) is 9.90 Å². The highest BCUT2D eigenvalue weighted by atomic mass is 16.3. The molecule has 1 aliphatic rings. The van der Waals surface area contributed by atoms with Crippen LogP contribution in [0, 0.1) is 11.3 Å². The molecule has 2 rings (SSSR count). The molecular formula is C18H27NO2. The highest BCUT2D eigenvalue weighted by Crippen LogP contribution is 2.38. The molecule has 3 nitrogen and oxygen atoms in total. The van der Waals surface area contributed by atoms with Gasteiger partial charge in [0.1, 0.15) is 0 Å². The Morgan fingerprint density at radius 3 is 2.48 bits per heavy atom. The summed E-state index contributed by atoms with van der Waals surface area (Å²) in [5.74, 6) is 0.518. The van der Waals surface area contributed by atoms with Gasteiger partial charge in [-0.2, -0.15) is 0 Å². The van der Waals surface area contributed by atoms with Gasteiger partial charge in [0.05, 0.1) is 6.10 Å². The zero-order valence-electron chi connectivity index (χ0n) is 13.1. The second-order valence-electron chi connectivity index (χ2n) is 6.69. The summed E-state index contributed by atoms with van der Waals surface area (Å²) >= 11 is 0. The minimum absolute atomic E-state index is 0.0596. The summed E-state index contributed by atoms with van der Waals surface area (Å²) in [6.07, 6.45) is 5.39. The van der Waals surface area contributed by atoms with Crippen LogP contribution < -0.4 is 5.32 Å². The van der Waals surface area contributed by atoms with E-state index in [4.69, 9.17) is 0 Å². The summed E-state index contributed by atoms with van der Waals surface area (Å²) in [7, 11) is 0. The van der Waals surface area contributed by atoms with Crippen molar-refractivity contribution in [1.82, 2.24) is 5.32 Å². The molecule has 0 saturated heterocycles. The van der Waals surface area contributed by atoms with E-state index in [1.165, 1.54) is 19.3 Å². The van der Waals surface area contributed by atoms with E-state index in [1.54, 1.807) is 0 Å². The standard InChI is InChI=1S/C18H27NO2/c1-18(2,15-11-7-4-8-12-15)17(21)19-13-16(20)14-9-5-3-6-10-14/h3,5-6,9-10,15-16,20H,4,7-8,11-13H2,1-2H3,(H,19,21)/t16-/m1/s1. The first-order valence-corrected chi connectivity index (χ1v) is 8.03. The zero-order valence-corrected chi connectivity index (χ0v) is 13.1. The minimum Gasteiger partial charge on any atom is -0.387 e. The van der Waals surface area contributed by atoms with Gasteiger partial charge in [-0.3, -0.25) is 4.79 Å². The number of hydrogen-bond acceptors (Lipinski definition) is 2. The van der Waals surface area contributed by atoms with E-state index in [0.717, 1.165) is 18.4 Å². The number of amides is 1. The lowest BCUT2D eigenvalue weighted by Crippen LogP contribution is -2.43. The number of nitrogens with one attached hydrogen (secondary N) is 1. The fourth-order valence-corrected chi connectivity index (χ4v) is 3.22. The van der Waals surface area contributed by atoms with E-state index in [2.05, 4.69) is 5.32 Å². The Bertz CT molecular complexity index is 450. The van der Waals surface area contributed by atoms with Gasteiger partial charge in [-0.1, -0.05) is 63.4 Å². The highest BCUT2D eigenvalue weighted by Gasteiger charge is 2.37. The maximum atomic E-state index is 12.5. The molecule has 1 aromatic rings. The van der Waals surface area contributed by atoms with Crippen LogP contribution in [0.25, 0.3) is 0 Å². The predicted molar refractivity (Wildman–Crippen MR) is 84.8 cm³/mol. The van der Waals surface area contributed by atoms with Gasteiger partial charge in [-0.15, -0.1) is 0 Å². The van der Waals surface area contributed by atoms with Crippen molar-refractivity contribution < 1.29 is 9.90 Å². The first kappa shape index (κ1) is 16.0. The molecule has 1 atom stereocenters. The van der Waals surface area contributed by atoms with Crippen molar-refractivity contribution in [3.63, 3.8) is 0 Å². The van der Waals surface area contributed by atoms with Crippen LogP contribution in [0.5, 0.6) is 0 Å². The van der Waals surface area contributed by atoms with Crippen LogP contribution in [-0.2, 0) is 4.79 Å². The van der Waals surface area contributed by atoms with Gasteiger partial charge < -0.3 is 10.4 Å². The normalized spacial score (nSPS) is 18.2. The molecule has 2 N–H and O–H groups in total. The summed E-state index contributed by atoms with van der Waals surface area (Å²) in [6, 6.07) is 9.46. The third kappa shape index (κ3) is 4.07. The van der Waals surface area contributed by atoms with Gasteiger partial charge in [-0.25, -0.2) is 0 Å². The summed E-state index contributed by atoms with van der Waals surface area (Å²) < 4.78 is 0. The molecule has 0 spiro atoms. The molecule has 0 heterocycles. The second-order valence-corrected chi connectivity index (χ2v) is 6.69. The zero-order chi connectivity index (χ0) is 15.3. The first-order valence-electron chi connectivity index (χ1n) is 8.03. The number of aliphatic hydroxyl groups is 1. The molecule has 3 heteroatoms. The molecule has 116 valence electrons. The third-order valence-electron chi connectivity index (χ3n) is 4.85. The van der Waals surface area contributed by atoms with Crippen LogP contribution in [0.4, 0.5) is 0 Å². The van der Waals surface area contributed by atoms with Crippen molar-refractivity contribution in [1.29, 1.82) is 0 Å². The van der Waals surface area contributed by atoms with Gasteiger partial charge in [0.25, 0.3) is 0 Å². The van der Waals surface area contributed by atoms with E-state index in [1.807, 2.05) is 44.2 Å². The first-order chi connectivity index (χ1) is 10.0. The Morgan fingerprint density at radius 2 is 1.86 bits per heavy atom. The smallest absolute Gasteiger partial charge is 0.226 e. The van der Waals surface area contributed by atoms with Crippen LogP contribution in [-0.4, -0.2) is 17.6 Å². The Kier molecular flexibility index (Phi) is 5.40. The second kappa shape index (κ2) is 7.08. The molecule has 0 aliphatic heterocycles. The summed E-state index contributed by atoms with van der Waals surface area (Å²) in [5, 5.41) is 13.1. The minimum atomic E-state index is -0.641. The Morgan fingerprint density at radius 1 is 1.24 bits per heavy atom. The average Bonchev–Trinajstić information content (AvgIpc) is 2.53. The van der Waals surface area contributed by atoms with Crippen LogP contribution in [0.2, 0.25) is 0 Å². The predicted octanol–water partition coefficient (Wildman–Crippen LogP) is 3.44. The molecule has 0 radical (unpaired) electrons. The molecule has 1 amide bonds. The maximum absolute atomic E-state index is 12.5. The summed E-state index contributed by atoms with van der Waals surface area (Å²) in [5.41, 5.74) is 0.491. The Hall–Kier alpha value is -1.35. The molecular weight excluding hydrogens is 262 g/mol. The van der Waals surface area contributed by atoms with E-state index < -0.39 is 6.10 Å². The van der Waals surface area contributed by atoms with Gasteiger partial charge >= 0.3 is 0 Å². The molecule has 1 aliphatic carbocycles. The summed E-state index contributed by atoms with van der Waals surface area (Å²) in [4.78, 5) is 12.5. The summed E-state index contributed by atoms with van der Waals surface area (Å²) in [6.45, 7) is 4.35. The number of aliphatic hydroxyl groups excluding tert-OH is 1. The van der Waals surface area contributed by atoms with Crippen LogP contribution in [0.15, 0.2) is 30.3 Å². The van der Waals surface area contributed by atoms with Crippen LogP contribution in [0.1, 0.15) is 57.6 Å². The number of benzene rings is 1. The number of rotatable bonds is 5. The number of hydrogen-bond donors (Lipinski definition) is 2. The lowest BCUT2D eigenvalue weighted by atomic mass is 9.70. The Labute approximate surface area is 127 Å². The largest absolute Gasteiger partial charge is 0.387 e. The molecule has 0 aromatic heterocycles. The van der Waals surface area contributed by atoms with E-state index in [0.29, 0.717) is 5.92 Å². The highest BCUT2D eigenvalue weighted by molar-refractivity contribution is 5.82. The molecule has 1 aromatic carbocycles. The van der Waals surface area contributed by atoms with Crippen molar-refractivity contribution >= 4 is 5.91 Å². The lowest BCUT2D eigenvalue weighted by molar-refractivity contribution is -0.133. The molecule has 1 fully saturated rings. The quantitative estimate of drug-likeness (QED) is 0.872. The van der Waals surface area contributed by atoms with Gasteiger partial charge in [0, 0.05) is 12.0 Å². The van der Waals surface area contributed by atoms with Gasteiger partial charge in [0.2, 0.25) is 5.91 Å². The van der Waals surface area contributed by atoms with Crippen molar-refractivity contribution in [2.75, 3.05) is 6.54 Å². The average molecular weight is 289 g/mol. The van der Waals surface area contributed by atoms with Gasteiger partial charge in [-0.05, 0) is 24.3 Å². The van der Waals surface area contributed by atoms with E-state index >= 15 is 0 Å². The number of carbonyl (C=O) groups is 1. The van der Waals surface area contributed by atoms with E-state index in [-0.39, 0.29) is 17.9 Å².